The highest BCUT2D eigenvalue weighted by molar-refractivity contribution is 5.42. The first-order chi connectivity index (χ1) is 8.75. The van der Waals surface area contributed by atoms with Gasteiger partial charge in [0.05, 0.1) is 5.60 Å². The summed E-state index contributed by atoms with van der Waals surface area (Å²) in [6.45, 7) is 11.7. The van der Waals surface area contributed by atoms with Crippen molar-refractivity contribution in [2.45, 2.75) is 52.7 Å². The Bertz CT molecular complexity index is 459. The highest BCUT2D eigenvalue weighted by Crippen LogP contribution is 2.42. The van der Waals surface area contributed by atoms with Gasteiger partial charge in [-0.3, -0.25) is 0 Å². The van der Waals surface area contributed by atoms with Crippen molar-refractivity contribution in [3.05, 3.63) is 34.4 Å². The molecule has 1 aliphatic heterocycles. The highest BCUT2D eigenvalue weighted by atomic mass is 16.3. The van der Waals surface area contributed by atoms with E-state index in [1.54, 1.807) is 0 Å². The zero-order valence-corrected chi connectivity index (χ0v) is 13.1. The monoisotopic (exact) mass is 261 g/mol. The minimum Gasteiger partial charge on any atom is -0.385 e. The van der Waals surface area contributed by atoms with Gasteiger partial charge in [-0.05, 0) is 57.9 Å². The predicted molar refractivity (Wildman–Crippen MR) is 80.4 cm³/mol. The van der Waals surface area contributed by atoms with Crippen molar-refractivity contribution in [1.29, 1.82) is 0 Å². The summed E-state index contributed by atoms with van der Waals surface area (Å²) < 4.78 is 0. The van der Waals surface area contributed by atoms with Crippen molar-refractivity contribution in [3.8, 4) is 0 Å². The van der Waals surface area contributed by atoms with Crippen molar-refractivity contribution >= 4 is 0 Å². The summed E-state index contributed by atoms with van der Waals surface area (Å²) in [4.78, 5) is 2.35. The number of nitrogens with zero attached hydrogens (tertiary/aromatic N) is 1. The second kappa shape index (κ2) is 4.92. The average Bonchev–Trinajstić information content (AvgIpc) is 2.25. The molecule has 0 aliphatic carbocycles. The number of aryl methyl sites for hydroxylation is 3. The number of likely N-dealkylation sites (tertiary alicyclic amines) is 1. The molecule has 1 saturated heterocycles. The Balaban J connectivity index is 2.50. The molecule has 1 N–H and O–H groups in total. The summed E-state index contributed by atoms with van der Waals surface area (Å²) >= 11 is 0. The summed E-state index contributed by atoms with van der Waals surface area (Å²) in [7, 11) is 2.15. The van der Waals surface area contributed by atoms with E-state index >= 15 is 0 Å². The van der Waals surface area contributed by atoms with Gasteiger partial charge in [-0.15, -0.1) is 0 Å². The Labute approximate surface area is 117 Å². The van der Waals surface area contributed by atoms with Crippen molar-refractivity contribution in [3.63, 3.8) is 0 Å². The SMILES string of the molecule is Cc1cc(C)c([C@@]2(O)C[C@H](C)N(C)C[C@@H]2C)c(C)c1. The highest BCUT2D eigenvalue weighted by Gasteiger charge is 2.43. The fraction of sp³-hybridized carbons (Fsp3) is 0.647. The van der Waals surface area contributed by atoms with Crippen LogP contribution in [0.15, 0.2) is 12.1 Å². The molecule has 1 aliphatic rings. The topological polar surface area (TPSA) is 23.5 Å². The minimum atomic E-state index is -0.687. The van der Waals surface area contributed by atoms with Gasteiger partial charge in [-0.1, -0.05) is 24.6 Å². The molecule has 1 fully saturated rings. The van der Waals surface area contributed by atoms with Gasteiger partial charge < -0.3 is 10.0 Å². The van der Waals surface area contributed by atoms with Crippen LogP contribution in [0.25, 0.3) is 0 Å². The quantitative estimate of drug-likeness (QED) is 0.839. The zero-order valence-electron chi connectivity index (χ0n) is 13.1. The predicted octanol–water partition coefficient (Wildman–Crippen LogP) is 3.16. The molecular weight excluding hydrogens is 234 g/mol. The molecule has 2 nitrogen and oxygen atoms in total. The van der Waals surface area contributed by atoms with Gasteiger partial charge in [-0.25, -0.2) is 0 Å². The van der Waals surface area contributed by atoms with Crippen LogP contribution in [0.1, 0.15) is 42.5 Å². The minimum absolute atomic E-state index is 0.258. The van der Waals surface area contributed by atoms with Crippen LogP contribution in [0.3, 0.4) is 0 Å². The lowest BCUT2D eigenvalue weighted by Crippen LogP contribution is -2.52. The molecule has 0 saturated carbocycles. The third-order valence-electron chi connectivity index (χ3n) is 4.85. The Kier molecular flexibility index (Phi) is 3.76. The molecule has 2 heteroatoms. The van der Waals surface area contributed by atoms with Gasteiger partial charge in [0.2, 0.25) is 0 Å². The van der Waals surface area contributed by atoms with Crippen LogP contribution in [0.2, 0.25) is 0 Å². The second-order valence-corrected chi connectivity index (χ2v) is 6.59. The maximum absolute atomic E-state index is 11.3. The Hall–Kier alpha value is -0.860. The molecular formula is C17H27NO. The molecule has 0 bridgehead atoms. The van der Waals surface area contributed by atoms with Crippen LogP contribution >= 0.6 is 0 Å². The van der Waals surface area contributed by atoms with E-state index in [2.05, 4.69) is 58.7 Å². The van der Waals surface area contributed by atoms with E-state index in [9.17, 15) is 5.11 Å². The summed E-state index contributed by atoms with van der Waals surface area (Å²) in [5.74, 6) is 0.258. The second-order valence-electron chi connectivity index (χ2n) is 6.59. The van der Waals surface area contributed by atoms with Gasteiger partial charge in [0.1, 0.15) is 0 Å². The van der Waals surface area contributed by atoms with E-state index < -0.39 is 5.60 Å². The third-order valence-corrected chi connectivity index (χ3v) is 4.85. The largest absolute Gasteiger partial charge is 0.385 e. The maximum Gasteiger partial charge on any atom is 0.0954 e. The number of aliphatic hydroxyl groups is 1. The van der Waals surface area contributed by atoms with E-state index in [-0.39, 0.29) is 5.92 Å². The molecule has 2 rings (SSSR count). The Morgan fingerprint density at radius 3 is 2.21 bits per heavy atom. The van der Waals surface area contributed by atoms with Crippen LogP contribution in [0, 0.1) is 26.7 Å². The smallest absolute Gasteiger partial charge is 0.0954 e. The zero-order chi connectivity index (χ0) is 14.4. The lowest BCUT2D eigenvalue weighted by Gasteiger charge is -2.47. The molecule has 0 amide bonds. The average molecular weight is 261 g/mol. The van der Waals surface area contributed by atoms with E-state index in [1.165, 1.54) is 16.7 Å². The van der Waals surface area contributed by atoms with E-state index in [1.807, 2.05) is 0 Å². The third kappa shape index (κ3) is 2.44. The number of rotatable bonds is 1. The Morgan fingerprint density at radius 1 is 1.16 bits per heavy atom. The normalized spacial score (nSPS) is 32.6. The summed E-state index contributed by atoms with van der Waals surface area (Å²) in [5.41, 5.74) is 4.20. The summed E-state index contributed by atoms with van der Waals surface area (Å²) in [6, 6.07) is 4.80. The van der Waals surface area contributed by atoms with Crippen LogP contribution in [-0.2, 0) is 5.60 Å². The van der Waals surface area contributed by atoms with Crippen LogP contribution in [0.5, 0.6) is 0 Å². The first kappa shape index (κ1) is 14.5. The maximum atomic E-state index is 11.3. The number of hydrogen-bond acceptors (Lipinski definition) is 2. The van der Waals surface area contributed by atoms with Gasteiger partial charge in [0, 0.05) is 18.5 Å². The van der Waals surface area contributed by atoms with E-state index in [0.717, 1.165) is 18.5 Å². The van der Waals surface area contributed by atoms with Gasteiger partial charge in [-0.2, -0.15) is 0 Å². The molecule has 0 aromatic heterocycles. The van der Waals surface area contributed by atoms with Crippen molar-refractivity contribution in [1.82, 2.24) is 4.90 Å². The van der Waals surface area contributed by atoms with Gasteiger partial charge in [0.25, 0.3) is 0 Å². The van der Waals surface area contributed by atoms with Crippen molar-refractivity contribution in [2.75, 3.05) is 13.6 Å². The Morgan fingerprint density at radius 2 is 1.68 bits per heavy atom. The first-order valence-corrected chi connectivity index (χ1v) is 7.26. The lowest BCUT2D eigenvalue weighted by molar-refractivity contribution is -0.0851. The van der Waals surface area contributed by atoms with Crippen molar-refractivity contribution in [2.24, 2.45) is 5.92 Å². The molecule has 3 atom stereocenters. The van der Waals surface area contributed by atoms with Crippen molar-refractivity contribution < 1.29 is 5.11 Å². The molecule has 1 aromatic rings. The molecule has 19 heavy (non-hydrogen) atoms. The molecule has 106 valence electrons. The number of piperidine rings is 1. The van der Waals surface area contributed by atoms with Crippen LogP contribution in [-0.4, -0.2) is 29.6 Å². The standard InChI is InChI=1S/C17H27NO/c1-11-7-12(2)16(13(3)8-11)17(19)9-15(5)18(6)10-14(17)4/h7-8,14-15,19H,9-10H2,1-6H3/t14-,15-,17+/m0/s1. The fourth-order valence-electron chi connectivity index (χ4n) is 3.78. The van der Waals surface area contributed by atoms with E-state index in [0.29, 0.717) is 6.04 Å². The molecule has 0 unspecified atom stereocenters. The van der Waals surface area contributed by atoms with Gasteiger partial charge in [0.15, 0.2) is 0 Å². The fourth-order valence-corrected chi connectivity index (χ4v) is 3.78. The molecule has 0 radical (unpaired) electrons. The molecule has 0 spiro atoms. The lowest BCUT2D eigenvalue weighted by atomic mass is 9.71. The van der Waals surface area contributed by atoms with Gasteiger partial charge >= 0.3 is 0 Å². The number of benzene rings is 1. The molecule has 1 aromatic carbocycles. The summed E-state index contributed by atoms with van der Waals surface area (Å²) in [6.07, 6.45) is 0.815. The van der Waals surface area contributed by atoms with Crippen LogP contribution < -0.4 is 0 Å². The van der Waals surface area contributed by atoms with E-state index in [4.69, 9.17) is 0 Å². The van der Waals surface area contributed by atoms with Crippen LogP contribution in [0.4, 0.5) is 0 Å². The number of hydrogen-bond donors (Lipinski definition) is 1. The first-order valence-electron chi connectivity index (χ1n) is 7.26. The summed E-state index contributed by atoms with van der Waals surface area (Å²) in [5, 5.41) is 11.3. The molecule has 1 heterocycles.